The van der Waals surface area contributed by atoms with Gasteiger partial charge < -0.3 is 15.7 Å². The molecule has 0 saturated carbocycles. The summed E-state index contributed by atoms with van der Waals surface area (Å²) in [6.07, 6.45) is 0. The second kappa shape index (κ2) is 6.25. The Hall–Kier alpha value is -1.24. The van der Waals surface area contributed by atoms with Crippen molar-refractivity contribution in [3.63, 3.8) is 0 Å². The van der Waals surface area contributed by atoms with E-state index in [1.807, 2.05) is 20.8 Å². The molecule has 2 rings (SSSR count). The van der Waals surface area contributed by atoms with Gasteiger partial charge in [0, 0.05) is 44.8 Å². The van der Waals surface area contributed by atoms with Gasteiger partial charge in [0.2, 0.25) is 0 Å². The van der Waals surface area contributed by atoms with E-state index in [2.05, 4.69) is 26.9 Å². The van der Waals surface area contributed by atoms with Gasteiger partial charge in [-0.1, -0.05) is 0 Å². The van der Waals surface area contributed by atoms with Crippen molar-refractivity contribution in [1.82, 2.24) is 15.1 Å². The number of aromatic nitrogens is 2. The molecule has 1 aliphatic rings. The van der Waals surface area contributed by atoms with E-state index in [4.69, 9.17) is 5.73 Å². The second-order valence-electron chi connectivity index (χ2n) is 6.49. The number of rotatable bonds is 4. The SMILES string of the molecule is Cc1nnc(N2CCN(CC(C)(C)O)CC2)c(CN)c1C. The number of hydrogen-bond acceptors (Lipinski definition) is 6. The molecule has 0 aliphatic carbocycles. The lowest BCUT2D eigenvalue weighted by atomic mass is 10.1. The average molecular weight is 293 g/mol. The normalized spacial score (nSPS) is 17.3. The van der Waals surface area contributed by atoms with Crippen molar-refractivity contribution in [3.8, 4) is 0 Å². The highest BCUT2D eigenvalue weighted by Crippen LogP contribution is 2.23. The third-order valence-electron chi connectivity index (χ3n) is 4.05. The molecule has 6 heteroatoms. The quantitative estimate of drug-likeness (QED) is 0.839. The first-order valence-electron chi connectivity index (χ1n) is 7.54. The highest BCUT2D eigenvalue weighted by molar-refractivity contribution is 5.51. The standard InChI is InChI=1S/C15H27N5O/c1-11-12(2)17-18-14(13(11)9-16)20-7-5-19(6-8-20)10-15(3,4)21/h21H,5-10,16H2,1-4H3. The minimum absolute atomic E-state index is 0.488. The molecular weight excluding hydrogens is 266 g/mol. The lowest BCUT2D eigenvalue weighted by Gasteiger charge is -2.38. The molecule has 21 heavy (non-hydrogen) atoms. The van der Waals surface area contributed by atoms with Gasteiger partial charge in [-0.3, -0.25) is 4.90 Å². The zero-order valence-corrected chi connectivity index (χ0v) is 13.6. The molecule has 1 aromatic rings. The number of β-amino-alcohol motifs (C(OH)–C–C–N with tert-alkyl or cyclic N) is 1. The van der Waals surface area contributed by atoms with Crippen molar-refractivity contribution in [2.24, 2.45) is 5.73 Å². The summed E-state index contributed by atoms with van der Waals surface area (Å²) < 4.78 is 0. The summed E-state index contributed by atoms with van der Waals surface area (Å²) >= 11 is 0. The summed E-state index contributed by atoms with van der Waals surface area (Å²) in [6, 6.07) is 0. The van der Waals surface area contributed by atoms with Crippen molar-refractivity contribution in [1.29, 1.82) is 0 Å². The Morgan fingerprint density at radius 1 is 1.14 bits per heavy atom. The van der Waals surface area contributed by atoms with Gasteiger partial charge in [0.25, 0.3) is 0 Å². The van der Waals surface area contributed by atoms with Crippen LogP contribution in [-0.2, 0) is 6.54 Å². The molecule has 3 N–H and O–H groups in total. The first-order valence-corrected chi connectivity index (χ1v) is 7.54. The van der Waals surface area contributed by atoms with Crippen molar-refractivity contribution in [3.05, 3.63) is 16.8 Å². The predicted octanol–water partition coefficient (Wildman–Crippen LogP) is 0.445. The fraction of sp³-hybridized carbons (Fsp3) is 0.733. The minimum Gasteiger partial charge on any atom is -0.389 e. The van der Waals surface area contributed by atoms with Gasteiger partial charge in [-0.15, -0.1) is 5.10 Å². The first kappa shape index (κ1) is 16.1. The lowest BCUT2D eigenvalue weighted by molar-refractivity contribution is 0.0344. The molecule has 0 radical (unpaired) electrons. The molecule has 2 heterocycles. The van der Waals surface area contributed by atoms with Crippen LogP contribution in [0.15, 0.2) is 0 Å². The zero-order chi connectivity index (χ0) is 15.6. The summed E-state index contributed by atoms with van der Waals surface area (Å²) in [5.41, 5.74) is 8.43. The highest BCUT2D eigenvalue weighted by atomic mass is 16.3. The Morgan fingerprint density at radius 3 is 2.29 bits per heavy atom. The molecule has 0 atom stereocenters. The van der Waals surface area contributed by atoms with E-state index in [9.17, 15) is 5.11 Å². The van der Waals surface area contributed by atoms with Gasteiger partial charge in [-0.2, -0.15) is 5.10 Å². The number of nitrogens with zero attached hydrogens (tertiary/aromatic N) is 4. The van der Waals surface area contributed by atoms with Gasteiger partial charge in [0.05, 0.1) is 11.3 Å². The van der Waals surface area contributed by atoms with E-state index in [1.54, 1.807) is 0 Å². The van der Waals surface area contributed by atoms with Crippen LogP contribution in [0.4, 0.5) is 5.82 Å². The summed E-state index contributed by atoms with van der Waals surface area (Å²) in [5.74, 6) is 0.920. The van der Waals surface area contributed by atoms with Crippen LogP contribution >= 0.6 is 0 Å². The summed E-state index contributed by atoms with van der Waals surface area (Å²) in [6.45, 7) is 12.5. The van der Waals surface area contributed by atoms with E-state index in [0.29, 0.717) is 13.1 Å². The van der Waals surface area contributed by atoms with E-state index in [-0.39, 0.29) is 0 Å². The monoisotopic (exact) mass is 293 g/mol. The van der Waals surface area contributed by atoms with E-state index < -0.39 is 5.60 Å². The topological polar surface area (TPSA) is 78.5 Å². The molecule has 118 valence electrons. The Labute approximate surface area is 127 Å². The molecule has 1 saturated heterocycles. The largest absolute Gasteiger partial charge is 0.389 e. The van der Waals surface area contributed by atoms with Crippen molar-refractivity contribution in [2.45, 2.75) is 39.8 Å². The molecule has 0 spiro atoms. The van der Waals surface area contributed by atoms with Gasteiger partial charge in [0.1, 0.15) is 0 Å². The third-order valence-corrected chi connectivity index (χ3v) is 4.05. The van der Waals surface area contributed by atoms with Gasteiger partial charge >= 0.3 is 0 Å². The predicted molar refractivity (Wildman–Crippen MR) is 84.3 cm³/mol. The van der Waals surface area contributed by atoms with E-state index >= 15 is 0 Å². The number of hydrogen-bond donors (Lipinski definition) is 2. The maximum atomic E-state index is 9.91. The number of nitrogens with two attached hydrogens (primary N) is 1. The van der Waals surface area contributed by atoms with Crippen LogP contribution in [0, 0.1) is 13.8 Å². The van der Waals surface area contributed by atoms with Crippen LogP contribution in [0.25, 0.3) is 0 Å². The molecule has 0 bridgehead atoms. The number of aryl methyl sites for hydroxylation is 1. The van der Waals surface area contributed by atoms with Gasteiger partial charge in [-0.05, 0) is 33.3 Å². The Balaban J connectivity index is 2.08. The smallest absolute Gasteiger partial charge is 0.156 e. The van der Waals surface area contributed by atoms with Crippen LogP contribution in [0.2, 0.25) is 0 Å². The van der Waals surface area contributed by atoms with Crippen LogP contribution in [-0.4, -0.2) is 58.5 Å². The van der Waals surface area contributed by atoms with Crippen LogP contribution in [0.3, 0.4) is 0 Å². The van der Waals surface area contributed by atoms with Crippen molar-refractivity contribution < 1.29 is 5.11 Å². The lowest BCUT2D eigenvalue weighted by Crippen LogP contribution is -2.51. The van der Waals surface area contributed by atoms with Crippen molar-refractivity contribution >= 4 is 5.82 Å². The maximum Gasteiger partial charge on any atom is 0.156 e. The average Bonchev–Trinajstić information content (AvgIpc) is 2.41. The Morgan fingerprint density at radius 2 is 1.76 bits per heavy atom. The minimum atomic E-state index is -0.648. The van der Waals surface area contributed by atoms with Gasteiger partial charge in [0.15, 0.2) is 5.82 Å². The summed E-state index contributed by atoms with van der Waals surface area (Å²) in [5, 5.41) is 18.5. The fourth-order valence-corrected chi connectivity index (χ4v) is 2.81. The first-order chi connectivity index (χ1) is 9.81. The molecular formula is C15H27N5O. The maximum absolute atomic E-state index is 9.91. The number of anilines is 1. The molecule has 1 aliphatic heterocycles. The van der Waals surface area contributed by atoms with Crippen LogP contribution < -0.4 is 10.6 Å². The number of piperazine rings is 1. The van der Waals surface area contributed by atoms with E-state index in [0.717, 1.165) is 48.8 Å². The Kier molecular flexibility index (Phi) is 4.81. The zero-order valence-electron chi connectivity index (χ0n) is 13.6. The molecule has 0 unspecified atom stereocenters. The third kappa shape index (κ3) is 3.90. The molecule has 0 aromatic carbocycles. The highest BCUT2D eigenvalue weighted by Gasteiger charge is 2.25. The van der Waals surface area contributed by atoms with Crippen molar-refractivity contribution in [2.75, 3.05) is 37.6 Å². The van der Waals surface area contributed by atoms with Crippen LogP contribution in [0.1, 0.15) is 30.7 Å². The molecule has 1 fully saturated rings. The summed E-state index contributed by atoms with van der Waals surface area (Å²) in [7, 11) is 0. The van der Waals surface area contributed by atoms with Gasteiger partial charge in [-0.25, -0.2) is 0 Å². The molecule has 1 aromatic heterocycles. The summed E-state index contributed by atoms with van der Waals surface area (Å²) in [4.78, 5) is 4.54. The Bertz CT molecular complexity index is 490. The fourth-order valence-electron chi connectivity index (χ4n) is 2.81. The van der Waals surface area contributed by atoms with E-state index in [1.165, 1.54) is 0 Å². The molecule has 6 nitrogen and oxygen atoms in total. The number of aliphatic hydroxyl groups is 1. The van der Waals surface area contributed by atoms with Crippen LogP contribution in [0.5, 0.6) is 0 Å². The second-order valence-corrected chi connectivity index (χ2v) is 6.49. The molecule has 0 amide bonds.